The molecule has 9 heteroatoms. The van der Waals surface area contributed by atoms with Crippen molar-refractivity contribution in [1.82, 2.24) is 0 Å². The van der Waals surface area contributed by atoms with Crippen LogP contribution in [0.2, 0.25) is 0 Å². The van der Waals surface area contributed by atoms with Crippen LogP contribution in [-0.2, 0) is 23.2 Å². The predicted octanol–water partition coefficient (Wildman–Crippen LogP) is 3.58. The van der Waals surface area contributed by atoms with E-state index in [9.17, 15) is 29.5 Å². The molecule has 0 bridgehead atoms. The Morgan fingerprint density at radius 3 is 2.31 bits per heavy atom. The maximum absolute atomic E-state index is 13.4. The highest BCUT2D eigenvalue weighted by molar-refractivity contribution is 7.33. The third-order valence-electron chi connectivity index (χ3n) is 10.2. The molecule has 0 spiro atoms. The number of fused-ring (bicyclic) bond motifs is 5. The van der Waals surface area contributed by atoms with Gasteiger partial charge in [0.2, 0.25) is 0 Å². The lowest BCUT2D eigenvalue weighted by atomic mass is 9.44. The van der Waals surface area contributed by atoms with Crippen molar-refractivity contribution in [2.45, 2.75) is 90.8 Å². The lowest BCUT2D eigenvalue weighted by Gasteiger charge is -2.60. The van der Waals surface area contributed by atoms with Crippen LogP contribution in [0.25, 0.3) is 0 Å². The molecule has 8 nitrogen and oxygen atoms in total. The first-order valence-corrected chi connectivity index (χ1v) is 14.2. The van der Waals surface area contributed by atoms with Crippen LogP contribution >= 0.6 is 8.25 Å². The summed E-state index contributed by atoms with van der Waals surface area (Å²) in [4.78, 5) is 25.7. The van der Waals surface area contributed by atoms with Crippen LogP contribution in [0.15, 0.2) is 0 Å². The van der Waals surface area contributed by atoms with E-state index in [0.717, 1.165) is 38.5 Å². The molecule has 1 heterocycles. The van der Waals surface area contributed by atoms with Gasteiger partial charge in [0.15, 0.2) is 5.78 Å². The second-order valence-electron chi connectivity index (χ2n) is 12.9. The van der Waals surface area contributed by atoms with Gasteiger partial charge in [-0.1, -0.05) is 27.7 Å². The Bertz CT molecular complexity index is 863. The number of hydrogen-bond donors (Lipinski definition) is 3. The van der Waals surface area contributed by atoms with Gasteiger partial charge in [-0.25, -0.2) is 0 Å². The van der Waals surface area contributed by atoms with Gasteiger partial charge in [-0.3, -0.25) is 9.59 Å². The summed E-state index contributed by atoms with van der Waals surface area (Å²) in [5.41, 5.74) is -2.37. The average Bonchev–Trinajstić information content (AvgIpc) is 3.07. The van der Waals surface area contributed by atoms with Gasteiger partial charge in [-0.2, -0.15) is 0 Å². The number of ketones is 2. The quantitative estimate of drug-likeness (QED) is 0.478. The summed E-state index contributed by atoms with van der Waals surface area (Å²) >= 11 is 0. The van der Waals surface area contributed by atoms with Crippen molar-refractivity contribution in [3.05, 3.63) is 0 Å². The van der Waals surface area contributed by atoms with Crippen LogP contribution in [0.4, 0.5) is 0 Å². The topological polar surface area (TPSA) is 130 Å². The summed E-state index contributed by atoms with van der Waals surface area (Å²) in [7, 11) is -1.80. The van der Waals surface area contributed by atoms with Gasteiger partial charge in [0.25, 0.3) is 0 Å². The average molecular weight is 514 g/mol. The van der Waals surface area contributed by atoms with Crippen LogP contribution in [0, 0.1) is 39.9 Å². The van der Waals surface area contributed by atoms with Gasteiger partial charge in [0.05, 0.1) is 6.10 Å². The number of Topliss-reactive ketones (excluding diaryl/α,β-unsaturated/α-hetero) is 2. The van der Waals surface area contributed by atoms with Gasteiger partial charge in [0.1, 0.15) is 31.2 Å². The Morgan fingerprint density at radius 1 is 1.06 bits per heavy atom. The molecule has 4 saturated carbocycles. The Kier molecular flexibility index (Phi) is 7.42. The van der Waals surface area contributed by atoms with E-state index in [4.69, 9.17) is 9.05 Å². The van der Waals surface area contributed by atoms with E-state index in [1.807, 2.05) is 20.8 Å². The van der Waals surface area contributed by atoms with Gasteiger partial charge in [0, 0.05) is 27.7 Å². The smallest absolute Gasteiger partial charge is 0.393 e. The second-order valence-corrected chi connectivity index (χ2v) is 13.9. The minimum atomic E-state index is -1.80. The molecule has 0 aromatic heterocycles. The molecule has 4 aliphatic carbocycles. The molecular formula is C26H42O8P+. The van der Waals surface area contributed by atoms with Crippen molar-refractivity contribution < 1.29 is 38.5 Å². The second kappa shape index (κ2) is 9.52. The molecule has 1 aliphatic heterocycles. The molecule has 5 aliphatic rings. The highest BCUT2D eigenvalue weighted by atomic mass is 31.1. The zero-order valence-electron chi connectivity index (χ0n) is 21.5. The van der Waals surface area contributed by atoms with Crippen molar-refractivity contribution in [3.8, 4) is 0 Å². The van der Waals surface area contributed by atoms with Crippen LogP contribution in [0.5, 0.6) is 0 Å². The van der Waals surface area contributed by atoms with Gasteiger partial charge in [-0.05, 0) is 68.1 Å². The number of aliphatic hydroxyl groups is 3. The monoisotopic (exact) mass is 513 g/mol. The maximum atomic E-state index is 13.4. The van der Waals surface area contributed by atoms with E-state index < -0.39 is 31.7 Å². The SMILES string of the molecule is CC1(C)CO[P+](=O)OC1.C[C@]12CC[C@@H](O)C[C@H]1CC[C@@H]1[C@@H]2C(=O)C[C@@]2(C)[C@H]1CC[C@]2(O)C(=O)CO. The largest absolute Gasteiger partial charge is 0.697 e. The molecule has 0 aromatic carbocycles. The van der Waals surface area contributed by atoms with Crippen LogP contribution in [0.1, 0.15) is 79.1 Å². The Labute approximate surface area is 209 Å². The third kappa shape index (κ3) is 4.57. The molecule has 0 amide bonds. The van der Waals surface area contributed by atoms with E-state index in [2.05, 4.69) is 6.92 Å². The molecule has 35 heavy (non-hydrogen) atoms. The third-order valence-corrected chi connectivity index (χ3v) is 10.9. The molecular weight excluding hydrogens is 471 g/mol. The fraction of sp³-hybridized carbons (Fsp3) is 0.923. The summed E-state index contributed by atoms with van der Waals surface area (Å²) in [5.74, 6) is 0.380. The Hall–Kier alpha value is -0.760. The highest BCUT2D eigenvalue weighted by Gasteiger charge is 2.68. The van der Waals surface area contributed by atoms with E-state index in [1.54, 1.807) is 0 Å². The van der Waals surface area contributed by atoms with Gasteiger partial charge in [-0.15, -0.1) is 9.05 Å². The van der Waals surface area contributed by atoms with E-state index in [0.29, 0.717) is 25.6 Å². The van der Waals surface area contributed by atoms with Crippen molar-refractivity contribution >= 4 is 19.8 Å². The first kappa shape index (κ1) is 27.3. The number of rotatable bonds is 2. The maximum Gasteiger partial charge on any atom is 0.697 e. The summed E-state index contributed by atoms with van der Waals surface area (Å²) in [6, 6.07) is 0. The molecule has 8 atom stereocenters. The van der Waals surface area contributed by atoms with Gasteiger partial charge >= 0.3 is 8.25 Å². The predicted molar refractivity (Wildman–Crippen MR) is 128 cm³/mol. The van der Waals surface area contributed by atoms with Crippen molar-refractivity contribution in [2.75, 3.05) is 19.8 Å². The molecule has 5 fully saturated rings. The van der Waals surface area contributed by atoms with Crippen LogP contribution < -0.4 is 0 Å². The first-order chi connectivity index (χ1) is 16.3. The summed E-state index contributed by atoms with van der Waals surface area (Å²) in [5, 5.41) is 30.6. The number of hydrogen-bond acceptors (Lipinski definition) is 8. The standard InChI is InChI=1S/C21H32O5.C5H10O3P/c1-19-7-5-13(23)9-12(19)3-4-14-15-6-8-21(26,17(25)11-22)20(15,2)10-16(24)18(14)19;1-5(2)3-7-9(6)8-4-5/h12-15,18,22-23,26H,3-11H2,1-2H3;3-4H2,1-2H3/q;+1/t12-,13-,14+,15+,18-,19+,20+,21+;/m1./s1. The Morgan fingerprint density at radius 2 is 1.71 bits per heavy atom. The molecule has 0 aromatic rings. The summed E-state index contributed by atoms with van der Waals surface area (Å²) < 4.78 is 20.0. The zero-order chi connectivity index (χ0) is 25.8. The Balaban J connectivity index is 0.000000271. The molecule has 3 N–H and O–H groups in total. The number of aliphatic hydroxyl groups excluding tert-OH is 2. The molecule has 198 valence electrons. The zero-order valence-corrected chi connectivity index (χ0v) is 22.4. The fourth-order valence-corrected chi connectivity index (χ4v) is 9.16. The van der Waals surface area contributed by atoms with Gasteiger partial charge < -0.3 is 15.3 Å². The lowest BCUT2D eigenvalue weighted by Crippen LogP contribution is -2.62. The van der Waals surface area contributed by atoms with Crippen molar-refractivity contribution in [2.24, 2.45) is 39.9 Å². The molecule has 0 unspecified atom stereocenters. The lowest BCUT2D eigenvalue weighted by molar-refractivity contribution is -0.180. The van der Waals surface area contributed by atoms with E-state index >= 15 is 0 Å². The highest BCUT2D eigenvalue weighted by Crippen LogP contribution is 2.67. The van der Waals surface area contributed by atoms with Crippen LogP contribution in [-0.4, -0.2) is 58.4 Å². The fourth-order valence-electron chi connectivity index (χ4n) is 8.18. The van der Waals surface area contributed by atoms with Crippen molar-refractivity contribution in [3.63, 3.8) is 0 Å². The minimum absolute atomic E-state index is 0.0154. The van der Waals surface area contributed by atoms with E-state index in [1.165, 1.54) is 0 Å². The van der Waals surface area contributed by atoms with E-state index in [-0.39, 0.29) is 46.9 Å². The van der Waals surface area contributed by atoms with Crippen LogP contribution in [0.3, 0.4) is 0 Å². The molecule has 5 rings (SSSR count). The minimum Gasteiger partial charge on any atom is -0.393 e. The summed E-state index contributed by atoms with van der Waals surface area (Å²) in [6.07, 6.45) is 5.47. The molecule has 1 saturated heterocycles. The number of carbonyl (C=O) groups excluding carboxylic acids is 2. The molecule has 0 radical (unpaired) electrons. The van der Waals surface area contributed by atoms with Crippen molar-refractivity contribution in [1.29, 1.82) is 0 Å². The number of carbonyl (C=O) groups is 2. The normalized spacial score (nSPS) is 46.5. The first-order valence-electron chi connectivity index (χ1n) is 13.1. The summed E-state index contributed by atoms with van der Waals surface area (Å²) in [6.45, 7) is 8.54.